The van der Waals surface area contributed by atoms with Crippen molar-refractivity contribution in [2.45, 2.75) is 132 Å². The Bertz CT molecular complexity index is 5680. The standard InChI is InChI=1S/C28H28N4O3.C26H23ClN4O3S.C24H28N4O3S/c1-4-35-25(33)16-24(20-11-6-5-7-12-20)32-27-23(14-9-15-29-27)31(28(32)34)18-21-17-30(3)22-13-8-10-19(2)26(21)22;1-14-9-15(2)24-19(29-35-22(24)10-14)13-30-20-8-7-16(3)28-25(20)31(26(30)34)21(12-23(32)33)17-5-4-6-18(27)11-17;1-5-8-17(13-21(29)31-6-2)28-23-19(9-7-10-25-23)27(24(28)30)14-18-22-16(4)11-15(3)12-20(22)32-26-18/h5-15,17,24H,4,16,18H2,1-3H3;4-11,21H,12-13H2,1-3H3,(H,32,33);7,9-12,17H,5-6,8,13-14H2,1-4H3/t24-;21-;17-/m110/s1. The van der Waals surface area contributed by atoms with Gasteiger partial charge in [0.05, 0.1) is 108 Å². The van der Waals surface area contributed by atoms with Gasteiger partial charge >= 0.3 is 35.0 Å². The Morgan fingerprint density at radius 3 is 1.63 bits per heavy atom. The topological polar surface area (TPSA) is 240 Å². The minimum absolute atomic E-state index is 0.0425. The van der Waals surface area contributed by atoms with Gasteiger partial charge in [-0.3, -0.25) is 41.8 Å². The Morgan fingerprint density at radius 1 is 0.529 bits per heavy atom. The highest BCUT2D eigenvalue weighted by Crippen LogP contribution is 2.34. The molecule has 0 fully saturated rings. The van der Waals surface area contributed by atoms with Crippen LogP contribution in [0.1, 0.15) is 133 Å². The van der Waals surface area contributed by atoms with Crippen molar-refractivity contribution >= 4 is 117 Å². The number of aliphatic carboxylic acids is 1. The van der Waals surface area contributed by atoms with E-state index in [1.54, 1.807) is 73.3 Å². The van der Waals surface area contributed by atoms with Gasteiger partial charge < -0.3 is 19.1 Å². The van der Waals surface area contributed by atoms with Crippen molar-refractivity contribution < 1.29 is 29.0 Å². The van der Waals surface area contributed by atoms with Crippen LogP contribution < -0.4 is 17.1 Å². The van der Waals surface area contributed by atoms with Crippen LogP contribution in [-0.2, 0) is 50.5 Å². The molecule has 9 heterocycles. The number of ether oxygens (including phenoxy) is 2. The van der Waals surface area contributed by atoms with E-state index in [4.69, 9.17) is 21.1 Å². The van der Waals surface area contributed by atoms with Gasteiger partial charge in [0.1, 0.15) is 0 Å². The molecule has 0 aliphatic carbocycles. The predicted octanol–water partition coefficient (Wildman–Crippen LogP) is 14.9. The van der Waals surface area contributed by atoms with Crippen molar-refractivity contribution in [3.8, 4) is 0 Å². The lowest BCUT2D eigenvalue weighted by atomic mass is 10.0. The number of fused-ring (bicyclic) bond motifs is 6. The van der Waals surface area contributed by atoms with Gasteiger partial charge in [-0.1, -0.05) is 91.7 Å². The number of benzene rings is 5. The van der Waals surface area contributed by atoms with E-state index in [1.165, 1.54) is 33.2 Å². The number of hydrogen-bond acceptors (Lipinski definition) is 15. The average molecular weight is 1430 g/mol. The highest BCUT2D eigenvalue weighted by atomic mass is 35.5. The molecule has 0 spiro atoms. The maximum atomic E-state index is 14.0. The molecule has 0 unspecified atom stereocenters. The van der Waals surface area contributed by atoms with Gasteiger partial charge in [0, 0.05) is 58.0 Å². The summed E-state index contributed by atoms with van der Waals surface area (Å²) in [6.45, 7) is 19.4. The first-order valence-electron chi connectivity index (χ1n) is 33.9. The van der Waals surface area contributed by atoms with Gasteiger partial charge in [-0.2, -0.15) is 8.75 Å². The zero-order chi connectivity index (χ0) is 72.2. The molecule has 9 aromatic heterocycles. The fourth-order valence-electron chi connectivity index (χ4n) is 14.1. The largest absolute Gasteiger partial charge is 0.481 e. The number of pyridine rings is 3. The number of carboxylic acids is 1. The maximum absolute atomic E-state index is 14.0. The molecule has 0 saturated heterocycles. The van der Waals surface area contributed by atoms with Gasteiger partial charge in [-0.25, -0.2) is 29.3 Å². The lowest BCUT2D eigenvalue weighted by molar-refractivity contribution is -0.144. The van der Waals surface area contributed by atoms with Gasteiger partial charge in [0.2, 0.25) is 0 Å². The molecule has 1 N–H and O–H groups in total. The summed E-state index contributed by atoms with van der Waals surface area (Å²) in [5.41, 5.74) is 14.8. The Kier molecular flexibility index (Phi) is 21.4. The number of esters is 2. The van der Waals surface area contributed by atoms with E-state index in [9.17, 15) is 33.9 Å². The molecule has 0 aliphatic heterocycles. The Hall–Kier alpha value is -10.6. The molecular formula is C78H79ClN12O9S2. The van der Waals surface area contributed by atoms with Gasteiger partial charge in [-0.15, -0.1) is 0 Å². The van der Waals surface area contributed by atoms with Crippen LogP contribution in [0.15, 0.2) is 166 Å². The Morgan fingerprint density at radius 2 is 1.05 bits per heavy atom. The molecular weight excluding hydrogens is 1350 g/mol. The average Bonchev–Trinajstić information content (AvgIpc) is 1.62. The summed E-state index contributed by atoms with van der Waals surface area (Å²) in [4.78, 5) is 92.0. The molecule has 524 valence electrons. The molecule has 21 nitrogen and oxygen atoms in total. The number of hydrogen-bond donors (Lipinski definition) is 1. The summed E-state index contributed by atoms with van der Waals surface area (Å²) in [6.07, 6.45) is 6.87. The summed E-state index contributed by atoms with van der Waals surface area (Å²) in [5, 5.41) is 13.5. The molecule has 0 radical (unpaired) electrons. The molecule has 3 atom stereocenters. The van der Waals surface area contributed by atoms with E-state index in [2.05, 4.69) is 98.6 Å². The van der Waals surface area contributed by atoms with Crippen molar-refractivity contribution in [1.29, 1.82) is 0 Å². The third-order valence-corrected chi connectivity index (χ3v) is 20.3. The minimum Gasteiger partial charge on any atom is -0.481 e. The first kappa shape index (κ1) is 71.2. The van der Waals surface area contributed by atoms with Crippen LogP contribution in [0.5, 0.6) is 0 Å². The second-order valence-corrected chi connectivity index (χ2v) is 27.7. The Labute approximate surface area is 600 Å². The second kappa shape index (κ2) is 30.7. The summed E-state index contributed by atoms with van der Waals surface area (Å²) in [6, 6.07) is 40.8. The lowest BCUT2D eigenvalue weighted by Crippen LogP contribution is -2.30. The number of rotatable bonds is 21. The molecule has 102 heavy (non-hydrogen) atoms. The summed E-state index contributed by atoms with van der Waals surface area (Å²) < 4.78 is 34.0. The van der Waals surface area contributed by atoms with Gasteiger partial charge in [-0.05, 0) is 196 Å². The van der Waals surface area contributed by atoms with Crippen molar-refractivity contribution in [2.75, 3.05) is 13.2 Å². The molecule has 14 rings (SSSR count). The number of carboxylic acid groups (broad SMARTS) is 1. The number of aryl methyl sites for hydroxylation is 7. The number of carbonyl (C=O) groups is 3. The normalized spacial score (nSPS) is 12.4. The zero-order valence-electron chi connectivity index (χ0n) is 58.5. The van der Waals surface area contributed by atoms with Gasteiger partial charge in [0.15, 0.2) is 16.9 Å². The lowest BCUT2D eigenvalue weighted by Gasteiger charge is -2.18. The van der Waals surface area contributed by atoms with Crippen molar-refractivity contribution in [3.63, 3.8) is 0 Å². The summed E-state index contributed by atoms with van der Waals surface area (Å²) in [7, 11) is 2.02. The third kappa shape index (κ3) is 14.5. The van der Waals surface area contributed by atoms with E-state index in [-0.39, 0.29) is 67.5 Å². The minimum atomic E-state index is -1.02. The quantitative estimate of drug-likeness (QED) is 0.0658. The number of nitrogens with zero attached hydrogens (tertiary/aromatic N) is 12. The smallest absolute Gasteiger partial charge is 0.331 e. The van der Waals surface area contributed by atoms with Crippen LogP contribution in [0, 0.1) is 41.5 Å². The highest BCUT2D eigenvalue weighted by molar-refractivity contribution is 7.13. The van der Waals surface area contributed by atoms with Crippen LogP contribution >= 0.6 is 34.7 Å². The van der Waals surface area contributed by atoms with Crippen molar-refractivity contribution in [3.05, 3.63) is 250 Å². The van der Waals surface area contributed by atoms with Crippen LogP contribution in [0.4, 0.5) is 0 Å². The van der Waals surface area contributed by atoms with Crippen LogP contribution in [-0.4, -0.2) is 91.9 Å². The fourth-order valence-corrected chi connectivity index (χ4v) is 16.2. The van der Waals surface area contributed by atoms with Crippen LogP contribution in [0.2, 0.25) is 5.02 Å². The highest BCUT2D eigenvalue weighted by Gasteiger charge is 2.30. The first-order valence-corrected chi connectivity index (χ1v) is 35.9. The SMILES string of the molecule is CCC[C@@H](CC(=O)OCC)n1c(=O)n(Cc2nsc3cc(C)cc(C)c23)c2cccnc21.CCOC(=O)C[C@H](c1ccccc1)n1c(=O)n(Cc2cn(C)c3cccc(C)c23)c2cccnc21.Cc1cc(C)c2c(Cn3c(=O)n([C@H](CC(=O)O)c4cccc(Cl)c4)c4nc(C)ccc43)nsc2c1. The molecule has 24 heteroatoms. The van der Waals surface area contributed by atoms with Crippen LogP contribution in [0.25, 0.3) is 64.6 Å². The second-order valence-electron chi connectivity index (χ2n) is 25.7. The molecule has 0 aliphatic rings. The third-order valence-electron chi connectivity index (χ3n) is 18.4. The van der Waals surface area contributed by atoms with E-state index < -0.39 is 18.1 Å². The number of aromatic nitrogens is 12. The first-order chi connectivity index (χ1) is 49.2. The van der Waals surface area contributed by atoms with Crippen LogP contribution in [0.3, 0.4) is 0 Å². The molecule has 5 aromatic carbocycles. The molecule has 0 saturated carbocycles. The number of imidazole rings is 3. The van der Waals surface area contributed by atoms with E-state index in [0.717, 1.165) is 99.0 Å². The molecule has 0 bridgehead atoms. The summed E-state index contributed by atoms with van der Waals surface area (Å²) in [5.74, 6) is -1.67. The van der Waals surface area contributed by atoms with Crippen molar-refractivity contribution in [1.82, 2.24) is 55.7 Å². The van der Waals surface area contributed by atoms with E-state index >= 15 is 0 Å². The zero-order valence-corrected chi connectivity index (χ0v) is 60.9. The molecule has 0 amide bonds. The summed E-state index contributed by atoms with van der Waals surface area (Å²) >= 11 is 9.09. The monoisotopic (exact) mass is 1430 g/mol. The molecule has 14 aromatic rings. The maximum Gasteiger partial charge on any atom is 0.331 e. The Balaban J connectivity index is 0.000000145. The number of halogens is 1. The van der Waals surface area contributed by atoms with E-state index in [1.807, 2.05) is 101 Å². The van der Waals surface area contributed by atoms with E-state index in [0.29, 0.717) is 59.2 Å². The number of carbonyl (C=O) groups excluding carboxylic acids is 2. The fraction of sp³-hybridized carbons (Fsp3) is 0.295. The van der Waals surface area contributed by atoms with Crippen molar-refractivity contribution in [2.24, 2.45) is 7.05 Å². The van der Waals surface area contributed by atoms with Gasteiger partial charge in [0.25, 0.3) is 0 Å². The predicted molar refractivity (Wildman–Crippen MR) is 403 cm³/mol.